The van der Waals surface area contributed by atoms with Crippen LogP contribution in [-0.2, 0) is 9.53 Å². The fourth-order valence-corrected chi connectivity index (χ4v) is 6.54. The van der Waals surface area contributed by atoms with Gasteiger partial charge in [-0.15, -0.1) is 0 Å². The summed E-state index contributed by atoms with van der Waals surface area (Å²) in [6, 6.07) is 8.71. The number of hydrogen-bond donors (Lipinski definition) is 0. The van der Waals surface area contributed by atoms with Gasteiger partial charge < -0.3 is 14.5 Å². The Morgan fingerprint density at radius 1 is 0.971 bits per heavy atom. The molecular formula is C26H37N5O2S. The first-order chi connectivity index (χ1) is 16.6. The maximum absolute atomic E-state index is 13.1. The van der Waals surface area contributed by atoms with Gasteiger partial charge in [-0.3, -0.25) is 9.69 Å². The lowest BCUT2D eigenvalue weighted by molar-refractivity contribution is -0.130. The Morgan fingerprint density at radius 3 is 2.29 bits per heavy atom. The van der Waals surface area contributed by atoms with Crippen LogP contribution in [0.3, 0.4) is 0 Å². The molecule has 1 saturated carbocycles. The zero-order chi connectivity index (χ0) is 23.5. The van der Waals surface area contributed by atoms with Crippen LogP contribution in [0.5, 0.6) is 0 Å². The molecule has 0 unspecified atom stereocenters. The van der Waals surface area contributed by atoms with Gasteiger partial charge in [0.1, 0.15) is 5.03 Å². The van der Waals surface area contributed by atoms with E-state index >= 15 is 0 Å². The molecule has 0 N–H and O–H groups in total. The van der Waals surface area contributed by atoms with Crippen LogP contribution in [0.2, 0.25) is 0 Å². The standard InChI is InChI=1S/C26H37N5O2S/c1-19-16-31(17-20(2)33-19)25-26(28-23-11-7-6-10-22(23)27-25)34-18-24(32)30-14-12-29(13-15-30)21-8-4-3-5-9-21/h6-7,10-11,19-21H,3-5,8-9,12-18H2,1-2H3/t19-,20+. The normalized spacial score (nSPS) is 25.1. The number of amides is 1. The van der Waals surface area contributed by atoms with Crippen molar-refractivity contribution in [1.82, 2.24) is 19.8 Å². The number of fused-ring (bicyclic) bond motifs is 1. The Bertz CT molecular complexity index is 980. The van der Waals surface area contributed by atoms with Crippen molar-refractivity contribution in [2.24, 2.45) is 0 Å². The van der Waals surface area contributed by atoms with Gasteiger partial charge in [0.2, 0.25) is 5.91 Å². The Morgan fingerprint density at radius 2 is 1.62 bits per heavy atom. The fraction of sp³-hybridized carbons (Fsp3) is 0.654. The van der Waals surface area contributed by atoms with Crippen LogP contribution < -0.4 is 4.90 Å². The lowest BCUT2D eigenvalue weighted by Crippen LogP contribution is -2.52. The molecule has 8 heteroatoms. The fourth-order valence-electron chi connectivity index (χ4n) is 5.63. The third-order valence-corrected chi connectivity index (χ3v) is 8.27. The average Bonchev–Trinajstić information content (AvgIpc) is 2.86. The quantitative estimate of drug-likeness (QED) is 0.599. The van der Waals surface area contributed by atoms with Crippen LogP contribution in [-0.4, -0.2) is 88.9 Å². The number of para-hydroxylation sites is 2. The van der Waals surface area contributed by atoms with E-state index in [4.69, 9.17) is 14.7 Å². The number of rotatable bonds is 5. The second-order valence-electron chi connectivity index (χ2n) is 10.0. The predicted octanol–water partition coefficient (Wildman–Crippen LogP) is 3.81. The molecule has 184 valence electrons. The summed E-state index contributed by atoms with van der Waals surface area (Å²) in [5.74, 6) is 1.48. The number of ether oxygens (including phenoxy) is 1. The maximum Gasteiger partial charge on any atom is 0.233 e. The summed E-state index contributed by atoms with van der Waals surface area (Å²) >= 11 is 1.53. The Kier molecular flexibility index (Phi) is 7.56. The molecule has 1 amide bonds. The van der Waals surface area contributed by atoms with Gasteiger partial charge in [-0.25, -0.2) is 9.97 Å². The van der Waals surface area contributed by atoms with Crippen molar-refractivity contribution >= 4 is 34.5 Å². The lowest BCUT2D eigenvalue weighted by atomic mass is 9.94. The SMILES string of the molecule is C[C@@H]1CN(c2nc3ccccc3nc2SCC(=O)N2CCN(C3CCCCC3)CC2)C[C@H](C)O1. The van der Waals surface area contributed by atoms with Crippen LogP contribution in [0.4, 0.5) is 5.82 Å². The summed E-state index contributed by atoms with van der Waals surface area (Å²) in [5.41, 5.74) is 1.76. The van der Waals surface area contributed by atoms with Crippen molar-refractivity contribution < 1.29 is 9.53 Å². The second kappa shape index (κ2) is 10.8. The van der Waals surface area contributed by atoms with E-state index in [9.17, 15) is 4.79 Å². The average molecular weight is 484 g/mol. The molecule has 0 spiro atoms. The van der Waals surface area contributed by atoms with Crippen molar-refractivity contribution in [1.29, 1.82) is 0 Å². The van der Waals surface area contributed by atoms with Crippen molar-refractivity contribution in [2.75, 3.05) is 49.9 Å². The van der Waals surface area contributed by atoms with Gasteiger partial charge in [0.25, 0.3) is 0 Å². The number of nitrogens with zero attached hydrogens (tertiary/aromatic N) is 5. The molecule has 5 rings (SSSR count). The van der Waals surface area contributed by atoms with Crippen LogP contribution in [0, 0.1) is 0 Å². The number of anilines is 1. The smallest absolute Gasteiger partial charge is 0.233 e. The van der Waals surface area contributed by atoms with E-state index in [2.05, 4.69) is 23.6 Å². The summed E-state index contributed by atoms with van der Waals surface area (Å²) in [6.07, 6.45) is 7.02. The third-order valence-electron chi connectivity index (χ3n) is 7.33. The van der Waals surface area contributed by atoms with Crippen LogP contribution in [0.1, 0.15) is 46.0 Å². The first-order valence-corrected chi connectivity index (χ1v) is 13.9. The van der Waals surface area contributed by atoms with Gasteiger partial charge >= 0.3 is 0 Å². The first-order valence-electron chi connectivity index (χ1n) is 12.9. The Balaban J connectivity index is 1.25. The van der Waals surface area contributed by atoms with Crippen LogP contribution >= 0.6 is 11.8 Å². The molecular weight excluding hydrogens is 446 g/mol. The summed E-state index contributed by atoms with van der Waals surface area (Å²) in [7, 11) is 0. The van der Waals surface area contributed by atoms with Gasteiger partial charge in [0.05, 0.1) is 29.0 Å². The monoisotopic (exact) mass is 483 g/mol. The minimum atomic E-state index is 0.136. The van der Waals surface area contributed by atoms with E-state index in [-0.39, 0.29) is 18.1 Å². The Hall–Kier alpha value is -1.90. The number of piperazine rings is 1. The molecule has 2 atom stereocenters. The van der Waals surface area contributed by atoms with E-state index < -0.39 is 0 Å². The molecule has 0 radical (unpaired) electrons. The molecule has 2 aromatic rings. The molecule has 2 saturated heterocycles. The number of aromatic nitrogens is 2. The van der Waals surface area contributed by atoms with Gasteiger partial charge in [-0.05, 0) is 38.8 Å². The topological polar surface area (TPSA) is 61.8 Å². The molecule has 34 heavy (non-hydrogen) atoms. The molecule has 1 aromatic heterocycles. The highest BCUT2D eigenvalue weighted by Crippen LogP contribution is 2.31. The summed E-state index contributed by atoms with van der Waals surface area (Å²) in [4.78, 5) is 29.9. The molecule has 0 bridgehead atoms. The van der Waals surface area contributed by atoms with Gasteiger partial charge in [-0.2, -0.15) is 0 Å². The first kappa shape index (κ1) is 23.8. The van der Waals surface area contributed by atoms with E-state index in [0.29, 0.717) is 5.75 Å². The highest BCUT2D eigenvalue weighted by molar-refractivity contribution is 8.00. The van der Waals surface area contributed by atoms with Gasteiger partial charge in [0, 0.05) is 45.3 Å². The highest BCUT2D eigenvalue weighted by Gasteiger charge is 2.29. The minimum Gasteiger partial charge on any atom is -0.372 e. The summed E-state index contributed by atoms with van der Waals surface area (Å²) < 4.78 is 5.93. The molecule has 2 aliphatic heterocycles. The number of benzene rings is 1. The predicted molar refractivity (Wildman–Crippen MR) is 138 cm³/mol. The third kappa shape index (κ3) is 5.50. The Labute approximate surface area is 207 Å². The maximum atomic E-state index is 13.1. The van der Waals surface area contributed by atoms with E-state index in [1.54, 1.807) is 0 Å². The summed E-state index contributed by atoms with van der Waals surface area (Å²) in [5, 5.41) is 0.842. The van der Waals surface area contributed by atoms with Crippen molar-refractivity contribution in [3.05, 3.63) is 24.3 Å². The number of morpholine rings is 1. The minimum absolute atomic E-state index is 0.136. The molecule has 7 nitrogen and oxygen atoms in total. The molecule has 3 fully saturated rings. The second-order valence-corrected chi connectivity index (χ2v) is 11.0. The lowest BCUT2D eigenvalue weighted by Gasteiger charge is -2.40. The van der Waals surface area contributed by atoms with E-state index in [1.807, 2.05) is 29.2 Å². The van der Waals surface area contributed by atoms with Crippen LogP contribution in [0.25, 0.3) is 11.0 Å². The number of carbonyl (C=O) groups excluding carboxylic acids is 1. The molecule has 1 aromatic carbocycles. The van der Waals surface area contributed by atoms with E-state index in [1.165, 1.54) is 43.9 Å². The molecule has 1 aliphatic carbocycles. The number of thioether (sulfide) groups is 1. The van der Waals surface area contributed by atoms with Crippen molar-refractivity contribution in [2.45, 2.75) is 69.2 Å². The van der Waals surface area contributed by atoms with E-state index in [0.717, 1.165) is 67.2 Å². The van der Waals surface area contributed by atoms with Crippen LogP contribution in [0.15, 0.2) is 29.3 Å². The van der Waals surface area contributed by atoms with Gasteiger partial charge in [0.15, 0.2) is 5.82 Å². The van der Waals surface area contributed by atoms with Gasteiger partial charge in [-0.1, -0.05) is 43.2 Å². The highest BCUT2D eigenvalue weighted by atomic mass is 32.2. The van der Waals surface area contributed by atoms with Crippen molar-refractivity contribution in [3.8, 4) is 0 Å². The molecule has 3 heterocycles. The number of hydrogen-bond acceptors (Lipinski definition) is 7. The summed E-state index contributed by atoms with van der Waals surface area (Å²) in [6.45, 7) is 9.44. The zero-order valence-electron chi connectivity index (χ0n) is 20.5. The van der Waals surface area contributed by atoms with Crippen molar-refractivity contribution in [3.63, 3.8) is 0 Å². The molecule has 3 aliphatic rings. The number of carbonyl (C=O) groups is 1. The largest absolute Gasteiger partial charge is 0.372 e. The zero-order valence-corrected chi connectivity index (χ0v) is 21.3.